The van der Waals surface area contributed by atoms with Crippen molar-refractivity contribution in [2.75, 3.05) is 6.61 Å². The second-order valence-electron chi connectivity index (χ2n) is 5.83. The highest BCUT2D eigenvalue weighted by molar-refractivity contribution is 5.91. The molecule has 0 radical (unpaired) electrons. The van der Waals surface area contributed by atoms with Gasteiger partial charge in [-0.05, 0) is 37.0 Å². The van der Waals surface area contributed by atoms with Crippen molar-refractivity contribution in [3.8, 4) is 0 Å². The molecule has 0 aliphatic heterocycles. The Bertz CT molecular complexity index is 666. The van der Waals surface area contributed by atoms with Crippen LogP contribution in [0.25, 0.3) is 0 Å². The third kappa shape index (κ3) is 6.25. The zero-order chi connectivity index (χ0) is 18.1. The molecule has 0 aliphatic carbocycles. The molecule has 0 atom stereocenters. The van der Waals surface area contributed by atoms with E-state index in [0.717, 1.165) is 37.8 Å². The third-order valence-corrected chi connectivity index (χ3v) is 3.89. The summed E-state index contributed by atoms with van der Waals surface area (Å²) in [6.07, 6.45) is -0.0111. The Hall–Kier alpha value is -2.30. The van der Waals surface area contributed by atoms with Gasteiger partial charge in [-0.3, -0.25) is 0 Å². The van der Waals surface area contributed by atoms with E-state index in [-0.39, 0.29) is 6.61 Å². The monoisotopic (exact) mass is 350 g/mol. The summed E-state index contributed by atoms with van der Waals surface area (Å²) in [5, 5.41) is 0. The molecule has 0 aliphatic rings. The van der Waals surface area contributed by atoms with Crippen LogP contribution in [0.2, 0.25) is 0 Å². The molecule has 0 unspecified atom stereocenters. The van der Waals surface area contributed by atoms with E-state index in [4.69, 9.17) is 4.74 Å². The summed E-state index contributed by atoms with van der Waals surface area (Å²) in [5.41, 5.74) is -0.0976. The highest BCUT2D eigenvalue weighted by atomic mass is 19.4. The molecular weight excluding hydrogens is 329 g/mol. The quantitative estimate of drug-likeness (QED) is 0.453. The highest BCUT2D eigenvalue weighted by Crippen LogP contribution is 2.32. The van der Waals surface area contributed by atoms with Crippen molar-refractivity contribution in [3.05, 3.63) is 71.3 Å². The lowest BCUT2D eigenvalue weighted by atomic mass is 10.1. The van der Waals surface area contributed by atoms with E-state index in [1.165, 1.54) is 17.7 Å². The molecule has 25 heavy (non-hydrogen) atoms. The Labute approximate surface area is 145 Å². The topological polar surface area (TPSA) is 26.3 Å². The summed E-state index contributed by atoms with van der Waals surface area (Å²) in [6, 6.07) is 14.8. The average Bonchev–Trinajstić information content (AvgIpc) is 2.61. The van der Waals surface area contributed by atoms with Gasteiger partial charge in [0, 0.05) is 0 Å². The van der Waals surface area contributed by atoms with Crippen molar-refractivity contribution in [2.45, 2.75) is 38.3 Å². The molecular formula is C20H21F3O2. The van der Waals surface area contributed by atoms with Gasteiger partial charge in [-0.2, -0.15) is 13.2 Å². The predicted octanol–water partition coefficient (Wildman–Crippen LogP) is 5.67. The van der Waals surface area contributed by atoms with Gasteiger partial charge >= 0.3 is 12.1 Å². The first-order chi connectivity index (χ1) is 12.0. The summed E-state index contributed by atoms with van der Waals surface area (Å²) in [6.45, 7) is 0.135. The number of unbranched alkanes of at least 4 members (excludes halogenated alkanes) is 3. The van der Waals surface area contributed by atoms with Gasteiger partial charge in [0.2, 0.25) is 0 Å². The molecule has 0 saturated carbocycles. The maximum absolute atomic E-state index is 12.9. The number of carbonyl (C=O) groups excluding carboxylic acids is 1. The molecule has 0 heterocycles. The lowest BCUT2D eigenvalue weighted by Gasteiger charge is -2.12. The van der Waals surface area contributed by atoms with E-state index < -0.39 is 23.3 Å². The van der Waals surface area contributed by atoms with Crippen LogP contribution in [0.15, 0.2) is 54.6 Å². The van der Waals surface area contributed by atoms with Crippen LogP contribution < -0.4 is 0 Å². The molecule has 0 bridgehead atoms. The van der Waals surface area contributed by atoms with E-state index in [2.05, 4.69) is 12.1 Å². The fraction of sp³-hybridized carbons (Fsp3) is 0.350. The van der Waals surface area contributed by atoms with Gasteiger partial charge in [0.1, 0.15) is 0 Å². The van der Waals surface area contributed by atoms with E-state index >= 15 is 0 Å². The van der Waals surface area contributed by atoms with Crippen LogP contribution in [0.5, 0.6) is 0 Å². The van der Waals surface area contributed by atoms with Gasteiger partial charge in [-0.1, -0.05) is 55.3 Å². The second-order valence-corrected chi connectivity index (χ2v) is 5.83. The third-order valence-electron chi connectivity index (χ3n) is 3.89. The molecule has 0 aromatic heterocycles. The Morgan fingerprint density at radius 1 is 0.840 bits per heavy atom. The molecule has 0 N–H and O–H groups in total. The van der Waals surface area contributed by atoms with Crippen LogP contribution in [-0.2, 0) is 17.3 Å². The van der Waals surface area contributed by atoms with Crippen LogP contribution in [0.4, 0.5) is 13.2 Å². The molecule has 0 saturated heterocycles. The molecule has 134 valence electrons. The van der Waals surface area contributed by atoms with Gasteiger partial charge < -0.3 is 4.74 Å². The van der Waals surface area contributed by atoms with Crippen molar-refractivity contribution < 1.29 is 22.7 Å². The van der Waals surface area contributed by atoms with Crippen molar-refractivity contribution in [1.82, 2.24) is 0 Å². The number of ether oxygens (including phenoxy) is 1. The summed E-state index contributed by atoms with van der Waals surface area (Å²) in [7, 11) is 0. The first-order valence-corrected chi connectivity index (χ1v) is 8.36. The molecule has 0 amide bonds. The normalized spacial score (nSPS) is 11.3. The zero-order valence-electron chi connectivity index (χ0n) is 13.9. The molecule has 5 heteroatoms. The lowest BCUT2D eigenvalue weighted by Crippen LogP contribution is -2.15. The molecule has 2 aromatic rings. The number of aryl methyl sites for hydroxylation is 1. The van der Waals surface area contributed by atoms with E-state index in [9.17, 15) is 18.0 Å². The highest BCUT2D eigenvalue weighted by Gasteiger charge is 2.35. The molecule has 0 fully saturated rings. The van der Waals surface area contributed by atoms with Crippen molar-refractivity contribution in [3.63, 3.8) is 0 Å². The minimum Gasteiger partial charge on any atom is -0.462 e. The summed E-state index contributed by atoms with van der Waals surface area (Å²) >= 11 is 0. The van der Waals surface area contributed by atoms with Crippen molar-refractivity contribution in [1.29, 1.82) is 0 Å². The van der Waals surface area contributed by atoms with Gasteiger partial charge in [0.15, 0.2) is 0 Å². The maximum atomic E-state index is 12.9. The zero-order valence-corrected chi connectivity index (χ0v) is 13.9. The summed E-state index contributed by atoms with van der Waals surface area (Å²) in [5.74, 6) is -0.919. The Morgan fingerprint density at radius 3 is 2.20 bits per heavy atom. The molecule has 0 spiro atoms. The minimum atomic E-state index is -4.56. The van der Waals surface area contributed by atoms with Crippen molar-refractivity contribution >= 4 is 5.97 Å². The number of benzene rings is 2. The Morgan fingerprint density at radius 2 is 1.48 bits per heavy atom. The Balaban J connectivity index is 1.68. The predicted molar refractivity (Wildman–Crippen MR) is 90.3 cm³/mol. The van der Waals surface area contributed by atoms with Crippen LogP contribution >= 0.6 is 0 Å². The number of rotatable bonds is 8. The standard InChI is InChI=1S/C20H21F3O2/c21-20(22,23)18-14-8-7-13-17(18)19(24)25-15-9-2-1-4-10-16-11-5-3-6-12-16/h3,5-8,11-14H,1-2,4,9-10,15H2. The van der Waals surface area contributed by atoms with Gasteiger partial charge in [0.05, 0.1) is 17.7 Å². The number of alkyl halides is 3. The second kappa shape index (κ2) is 9.25. The van der Waals surface area contributed by atoms with Crippen LogP contribution in [0.1, 0.15) is 47.2 Å². The van der Waals surface area contributed by atoms with Gasteiger partial charge in [-0.15, -0.1) is 0 Å². The molecule has 2 nitrogen and oxygen atoms in total. The minimum absolute atomic E-state index is 0.135. The van der Waals surface area contributed by atoms with Crippen LogP contribution in [0.3, 0.4) is 0 Å². The fourth-order valence-corrected chi connectivity index (χ4v) is 2.58. The average molecular weight is 350 g/mol. The number of carbonyl (C=O) groups is 1. The largest absolute Gasteiger partial charge is 0.462 e. The SMILES string of the molecule is O=C(OCCCCCCc1ccccc1)c1ccccc1C(F)(F)F. The van der Waals surface area contributed by atoms with Crippen LogP contribution in [0, 0.1) is 0 Å². The van der Waals surface area contributed by atoms with Gasteiger partial charge in [0.25, 0.3) is 0 Å². The smallest absolute Gasteiger partial charge is 0.417 e. The lowest BCUT2D eigenvalue weighted by molar-refractivity contribution is -0.138. The first kappa shape index (κ1) is 19.0. The first-order valence-electron chi connectivity index (χ1n) is 8.36. The number of esters is 1. The Kier molecular flexibility index (Phi) is 7.04. The van der Waals surface area contributed by atoms with E-state index in [1.54, 1.807) is 0 Å². The molecule has 2 rings (SSSR count). The van der Waals surface area contributed by atoms with Crippen molar-refractivity contribution in [2.24, 2.45) is 0 Å². The van der Waals surface area contributed by atoms with Gasteiger partial charge in [-0.25, -0.2) is 4.79 Å². The number of halogens is 3. The van der Waals surface area contributed by atoms with E-state index in [1.807, 2.05) is 18.2 Å². The number of hydrogen-bond donors (Lipinski definition) is 0. The maximum Gasteiger partial charge on any atom is 0.417 e. The van der Waals surface area contributed by atoms with Crippen LogP contribution in [-0.4, -0.2) is 12.6 Å². The summed E-state index contributed by atoms with van der Waals surface area (Å²) < 4.78 is 43.6. The summed E-state index contributed by atoms with van der Waals surface area (Å²) in [4.78, 5) is 11.9. The fourth-order valence-electron chi connectivity index (χ4n) is 2.58. The number of hydrogen-bond acceptors (Lipinski definition) is 2. The van der Waals surface area contributed by atoms with E-state index in [0.29, 0.717) is 6.42 Å². The molecule has 2 aromatic carbocycles.